The Labute approximate surface area is 180 Å². The molecule has 2 aliphatic rings. The number of amides is 1. The molecule has 30 heavy (non-hydrogen) atoms. The van der Waals surface area contributed by atoms with E-state index in [-0.39, 0.29) is 18.6 Å². The summed E-state index contributed by atoms with van der Waals surface area (Å²) in [5.41, 5.74) is 1.34. The molecule has 2 heterocycles. The van der Waals surface area contributed by atoms with Crippen molar-refractivity contribution in [3.8, 4) is 0 Å². The number of nitrogens with zero attached hydrogens (tertiary/aromatic N) is 3. The van der Waals surface area contributed by atoms with E-state index in [1.807, 2.05) is 0 Å². The second-order valence-corrected chi connectivity index (χ2v) is 8.53. The van der Waals surface area contributed by atoms with Crippen molar-refractivity contribution in [1.29, 1.82) is 0 Å². The fraction of sp³-hybridized carbons (Fsp3) is 0.652. The molecule has 0 spiro atoms. The number of benzene rings is 1. The first-order chi connectivity index (χ1) is 14.6. The van der Waals surface area contributed by atoms with E-state index in [9.17, 15) is 4.79 Å². The van der Waals surface area contributed by atoms with Crippen LogP contribution in [0.1, 0.15) is 37.7 Å². The van der Waals surface area contributed by atoms with Crippen LogP contribution in [0.2, 0.25) is 0 Å². The van der Waals surface area contributed by atoms with Gasteiger partial charge in [0.2, 0.25) is 5.91 Å². The predicted molar refractivity (Wildman–Crippen MR) is 120 cm³/mol. The lowest BCUT2D eigenvalue weighted by Crippen LogP contribution is -2.52. The number of nitrogens with one attached hydrogen (secondary N) is 2. The van der Waals surface area contributed by atoms with Crippen LogP contribution >= 0.6 is 0 Å². The van der Waals surface area contributed by atoms with Crippen molar-refractivity contribution >= 4 is 11.9 Å². The molecule has 1 aromatic rings. The summed E-state index contributed by atoms with van der Waals surface area (Å²) >= 11 is 0. The molecule has 0 aromatic heterocycles. The molecule has 2 aliphatic heterocycles. The van der Waals surface area contributed by atoms with E-state index < -0.39 is 0 Å². The third kappa shape index (κ3) is 7.61. The molecular formula is C23H37N5O2. The minimum absolute atomic E-state index is 0.000588. The number of piperidine rings is 1. The number of hydrogen-bond acceptors (Lipinski definition) is 4. The molecule has 7 heteroatoms. The largest absolute Gasteiger partial charge is 0.376 e. The van der Waals surface area contributed by atoms with E-state index in [1.54, 1.807) is 19.0 Å². The van der Waals surface area contributed by atoms with Crippen LogP contribution in [0, 0.1) is 0 Å². The topological polar surface area (TPSA) is 69.2 Å². The van der Waals surface area contributed by atoms with Crippen LogP contribution in [0.3, 0.4) is 0 Å². The van der Waals surface area contributed by atoms with Crippen molar-refractivity contribution < 1.29 is 9.53 Å². The van der Waals surface area contributed by atoms with E-state index in [4.69, 9.17) is 4.74 Å². The number of carbonyl (C=O) groups is 1. The molecule has 2 atom stereocenters. The van der Waals surface area contributed by atoms with E-state index in [0.29, 0.717) is 12.0 Å². The zero-order chi connectivity index (χ0) is 21.2. The molecule has 166 valence electrons. The van der Waals surface area contributed by atoms with Crippen molar-refractivity contribution in [3.05, 3.63) is 35.9 Å². The lowest BCUT2D eigenvalue weighted by Gasteiger charge is -2.34. The van der Waals surface area contributed by atoms with Gasteiger partial charge in [0.05, 0.1) is 6.10 Å². The van der Waals surface area contributed by atoms with Gasteiger partial charge in [0, 0.05) is 46.4 Å². The van der Waals surface area contributed by atoms with Gasteiger partial charge in [0.15, 0.2) is 5.96 Å². The molecule has 1 amide bonds. The van der Waals surface area contributed by atoms with E-state index >= 15 is 0 Å². The monoisotopic (exact) mass is 415 g/mol. The molecule has 0 bridgehead atoms. The van der Waals surface area contributed by atoms with Gasteiger partial charge in [-0.1, -0.05) is 30.3 Å². The Balaban J connectivity index is 1.55. The molecule has 1 aromatic carbocycles. The molecule has 2 fully saturated rings. The number of rotatable bonds is 7. The highest BCUT2D eigenvalue weighted by Crippen LogP contribution is 2.14. The Kier molecular flexibility index (Phi) is 8.96. The maximum Gasteiger partial charge on any atom is 0.243 e. The summed E-state index contributed by atoms with van der Waals surface area (Å²) < 4.78 is 5.84. The van der Waals surface area contributed by atoms with Crippen LogP contribution in [0.5, 0.6) is 0 Å². The summed E-state index contributed by atoms with van der Waals surface area (Å²) in [6.07, 6.45) is 5.91. The first kappa shape index (κ1) is 22.6. The first-order valence-corrected chi connectivity index (χ1v) is 11.2. The molecule has 2 unspecified atom stereocenters. The molecular weight excluding hydrogens is 378 g/mol. The Hall–Kier alpha value is -2.12. The summed E-state index contributed by atoms with van der Waals surface area (Å²) in [4.78, 5) is 20.7. The zero-order valence-corrected chi connectivity index (χ0v) is 18.5. The van der Waals surface area contributed by atoms with Crippen molar-refractivity contribution in [1.82, 2.24) is 20.4 Å². The second kappa shape index (κ2) is 11.9. The Morgan fingerprint density at radius 1 is 1.20 bits per heavy atom. The number of likely N-dealkylation sites (N-methyl/N-ethyl adjacent to an activating group) is 1. The maximum atomic E-state index is 12.0. The summed E-state index contributed by atoms with van der Waals surface area (Å²) in [5, 5.41) is 7.00. The highest BCUT2D eigenvalue weighted by molar-refractivity contribution is 5.85. The molecule has 0 radical (unpaired) electrons. The van der Waals surface area contributed by atoms with Gasteiger partial charge in [-0.15, -0.1) is 0 Å². The summed E-state index contributed by atoms with van der Waals surface area (Å²) in [6.45, 7) is 4.76. The normalized spacial score (nSPS) is 23.1. The third-order valence-electron chi connectivity index (χ3n) is 5.74. The average Bonchev–Trinajstić information content (AvgIpc) is 2.77. The van der Waals surface area contributed by atoms with Gasteiger partial charge in [0.25, 0.3) is 0 Å². The Bertz CT molecular complexity index is 673. The highest BCUT2D eigenvalue weighted by Gasteiger charge is 2.22. The van der Waals surface area contributed by atoms with E-state index in [2.05, 4.69) is 50.9 Å². The maximum absolute atomic E-state index is 12.0. The number of ether oxygens (including phenoxy) is 1. The van der Waals surface area contributed by atoms with Crippen molar-refractivity contribution in [3.63, 3.8) is 0 Å². The van der Waals surface area contributed by atoms with Gasteiger partial charge in [-0.2, -0.15) is 0 Å². The van der Waals surface area contributed by atoms with Gasteiger partial charge >= 0.3 is 0 Å². The number of aliphatic imine (C=N–C) groups is 1. The Morgan fingerprint density at radius 3 is 2.77 bits per heavy atom. The van der Waals surface area contributed by atoms with Gasteiger partial charge in [-0.3, -0.25) is 9.69 Å². The summed E-state index contributed by atoms with van der Waals surface area (Å²) in [5.74, 6) is 0.713. The van der Waals surface area contributed by atoms with E-state index in [0.717, 1.165) is 58.5 Å². The third-order valence-corrected chi connectivity index (χ3v) is 5.74. The smallest absolute Gasteiger partial charge is 0.243 e. The first-order valence-electron chi connectivity index (χ1n) is 11.2. The fourth-order valence-electron chi connectivity index (χ4n) is 3.97. The summed E-state index contributed by atoms with van der Waals surface area (Å²) in [7, 11) is 3.52. The standard InChI is InChI=1S/C23H37N5O2/c1-27(2)22(29)16-25-23(24-15-21-12-6-7-14-30-21)26-20-11-8-13-28(18-20)17-19-9-4-3-5-10-19/h3-5,9-10,20-21H,6-8,11-18H2,1-2H3,(H2,24,25,26). The van der Waals surface area contributed by atoms with Crippen LogP contribution in [0.25, 0.3) is 0 Å². The number of guanidine groups is 1. The van der Waals surface area contributed by atoms with Gasteiger partial charge in [-0.05, 0) is 44.2 Å². The molecule has 3 rings (SSSR count). The lowest BCUT2D eigenvalue weighted by molar-refractivity contribution is -0.127. The molecule has 2 N–H and O–H groups in total. The SMILES string of the molecule is CN(C)C(=O)CN=C(NCC1CCCCO1)NC1CCCN(Cc2ccccc2)C1. The molecule has 2 saturated heterocycles. The van der Waals surface area contributed by atoms with Gasteiger partial charge < -0.3 is 20.3 Å². The van der Waals surface area contributed by atoms with Gasteiger partial charge in [-0.25, -0.2) is 4.99 Å². The van der Waals surface area contributed by atoms with Crippen LogP contribution in [-0.2, 0) is 16.1 Å². The lowest BCUT2D eigenvalue weighted by atomic mass is 10.0. The number of likely N-dealkylation sites (tertiary alicyclic amines) is 1. The zero-order valence-electron chi connectivity index (χ0n) is 18.5. The van der Waals surface area contributed by atoms with Crippen molar-refractivity contribution in [2.45, 2.75) is 50.8 Å². The second-order valence-electron chi connectivity index (χ2n) is 8.53. The van der Waals surface area contributed by atoms with Gasteiger partial charge in [0.1, 0.15) is 6.54 Å². The predicted octanol–water partition coefficient (Wildman–Crippen LogP) is 1.84. The molecule has 7 nitrogen and oxygen atoms in total. The number of hydrogen-bond donors (Lipinski definition) is 2. The van der Waals surface area contributed by atoms with Crippen LogP contribution < -0.4 is 10.6 Å². The Morgan fingerprint density at radius 2 is 2.03 bits per heavy atom. The van der Waals surface area contributed by atoms with E-state index in [1.165, 1.54) is 12.0 Å². The fourth-order valence-corrected chi connectivity index (χ4v) is 3.97. The average molecular weight is 416 g/mol. The molecule has 0 aliphatic carbocycles. The number of carbonyl (C=O) groups excluding carboxylic acids is 1. The van der Waals surface area contributed by atoms with Crippen molar-refractivity contribution in [2.75, 3.05) is 46.9 Å². The summed E-state index contributed by atoms with van der Waals surface area (Å²) in [6, 6.07) is 10.9. The molecule has 0 saturated carbocycles. The quantitative estimate of drug-likeness (QED) is 0.525. The minimum Gasteiger partial charge on any atom is -0.376 e. The highest BCUT2D eigenvalue weighted by atomic mass is 16.5. The van der Waals surface area contributed by atoms with Crippen LogP contribution in [-0.4, -0.2) is 80.7 Å². The van der Waals surface area contributed by atoms with Crippen LogP contribution in [0.15, 0.2) is 35.3 Å². The van der Waals surface area contributed by atoms with Crippen LogP contribution in [0.4, 0.5) is 0 Å². The minimum atomic E-state index is -0.000588. The van der Waals surface area contributed by atoms with Crippen molar-refractivity contribution in [2.24, 2.45) is 4.99 Å².